The molecule has 0 aliphatic carbocycles. The van der Waals surface area contributed by atoms with Gasteiger partial charge >= 0.3 is 0 Å². The number of aliphatic hydroxyl groups excluding tert-OH is 2. The van der Waals surface area contributed by atoms with Crippen LogP contribution in [0.3, 0.4) is 0 Å². The minimum atomic E-state index is -0.831. The van der Waals surface area contributed by atoms with Crippen LogP contribution in [0.4, 0.5) is 0 Å². The van der Waals surface area contributed by atoms with E-state index < -0.39 is 12.1 Å². The van der Waals surface area contributed by atoms with Gasteiger partial charge in [0.1, 0.15) is 0 Å². The molecule has 0 spiro atoms. The van der Waals surface area contributed by atoms with Crippen LogP contribution in [0.5, 0.6) is 0 Å². The third-order valence-electron chi connectivity index (χ3n) is 11.8. The molecule has 0 aliphatic heterocycles. The molecule has 0 fully saturated rings. The molecular weight excluding hydrogens is 663 g/mol. The van der Waals surface area contributed by atoms with Crippen molar-refractivity contribution in [3.63, 3.8) is 0 Å². The maximum atomic E-state index is 12.3. The lowest BCUT2D eigenvalue weighted by Crippen LogP contribution is -2.45. The highest BCUT2D eigenvalue weighted by molar-refractivity contribution is 5.76. The van der Waals surface area contributed by atoms with Crippen LogP contribution in [0.15, 0.2) is 12.2 Å². The van der Waals surface area contributed by atoms with Crippen LogP contribution in [0, 0.1) is 0 Å². The second-order valence-electron chi connectivity index (χ2n) is 17.2. The number of amides is 1. The van der Waals surface area contributed by atoms with Crippen molar-refractivity contribution in [3.05, 3.63) is 12.2 Å². The summed E-state index contributed by atoms with van der Waals surface area (Å²) in [6, 6.07) is -0.614. The quantitative estimate of drug-likeness (QED) is 0.0427. The largest absolute Gasteiger partial charge is 0.394 e. The molecule has 0 bridgehead atoms. The van der Waals surface area contributed by atoms with E-state index in [0.717, 1.165) is 25.7 Å². The van der Waals surface area contributed by atoms with Crippen molar-refractivity contribution in [2.24, 2.45) is 0 Å². The van der Waals surface area contributed by atoms with Crippen molar-refractivity contribution in [2.75, 3.05) is 6.61 Å². The highest BCUT2D eigenvalue weighted by atomic mass is 16.3. The van der Waals surface area contributed by atoms with Crippen LogP contribution in [0.1, 0.15) is 284 Å². The van der Waals surface area contributed by atoms with E-state index >= 15 is 0 Å². The number of allylic oxidation sites excluding steroid dienone is 1. The van der Waals surface area contributed by atoms with Crippen molar-refractivity contribution < 1.29 is 15.0 Å². The molecule has 4 heteroatoms. The summed E-state index contributed by atoms with van der Waals surface area (Å²) in [5.41, 5.74) is 0. The van der Waals surface area contributed by atoms with E-state index in [1.165, 1.54) is 238 Å². The van der Waals surface area contributed by atoms with Crippen LogP contribution in [0.2, 0.25) is 0 Å². The first-order chi connectivity index (χ1) is 26.7. The summed E-state index contributed by atoms with van der Waals surface area (Å²) < 4.78 is 0. The average molecular weight is 762 g/mol. The number of hydrogen-bond donors (Lipinski definition) is 3. The highest BCUT2D eigenvalue weighted by Gasteiger charge is 2.18. The molecule has 0 aromatic heterocycles. The molecule has 3 N–H and O–H groups in total. The molecule has 2 atom stereocenters. The van der Waals surface area contributed by atoms with Crippen LogP contribution in [-0.4, -0.2) is 34.9 Å². The molecule has 0 radical (unpaired) electrons. The van der Waals surface area contributed by atoms with Gasteiger partial charge in [-0.2, -0.15) is 0 Å². The summed E-state index contributed by atoms with van der Waals surface area (Å²) >= 11 is 0. The van der Waals surface area contributed by atoms with Gasteiger partial charge in [-0.05, 0) is 19.3 Å². The Bertz CT molecular complexity index is 739. The van der Waals surface area contributed by atoms with E-state index in [1.807, 2.05) is 6.08 Å². The number of carbonyl (C=O) groups is 1. The third-order valence-corrected chi connectivity index (χ3v) is 11.8. The molecule has 0 heterocycles. The zero-order valence-corrected chi connectivity index (χ0v) is 37.0. The fourth-order valence-electron chi connectivity index (χ4n) is 7.95. The lowest BCUT2D eigenvalue weighted by atomic mass is 10.0. The Morgan fingerprint density at radius 2 is 0.685 bits per heavy atom. The average Bonchev–Trinajstić information content (AvgIpc) is 3.18. The van der Waals surface area contributed by atoms with Gasteiger partial charge in [0.15, 0.2) is 0 Å². The van der Waals surface area contributed by atoms with Gasteiger partial charge in [0.05, 0.1) is 18.8 Å². The normalized spacial score (nSPS) is 12.9. The van der Waals surface area contributed by atoms with Crippen molar-refractivity contribution >= 4 is 5.91 Å². The van der Waals surface area contributed by atoms with Crippen LogP contribution in [-0.2, 0) is 4.79 Å². The lowest BCUT2D eigenvalue weighted by molar-refractivity contribution is -0.123. The van der Waals surface area contributed by atoms with Crippen LogP contribution >= 0.6 is 0 Å². The third kappa shape index (κ3) is 42.3. The van der Waals surface area contributed by atoms with E-state index in [0.29, 0.717) is 6.42 Å². The summed E-state index contributed by atoms with van der Waals surface area (Å²) in [6.07, 6.45) is 59.5. The summed E-state index contributed by atoms with van der Waals surface area (Å²) in [4.78, 5) is 12.3. The molecule has 0 rings (SSSR count). The number of aliphatic hydroxyl groups is 2. The molecule has 2 unspecified atom stereocenters. The summed E-state index contributed by atoms with van der Waals surface area (Å²) in [6.45, 7) is 4.29. The molecule has 4 nitrogen and oxygen atoms in total. The summed E-state index contributed by atoms with van der Waals surface area (Å²) in [5, 5.41) is 22.8. The van der Waals surface area contributed by atoms with Gasteiger partial charge in [0.25, 0.3) is 0 Å². The second kappa shape index (κ2) is 46.5. The molecule has 0 saturated carbocycles. The topological polar surface area (TPSA) is 69.6 Å². The van der Waals surface area contributed by atoms with E-state index in [-0.39, 0.29) is 12.5 Å². The molecular formula is C50H99NO3. The Labute approximate surface area is 339 Å². The van der Waals surface area contributed by atoms with Gasteiger partial charge in [-0.1, -0.05) is 270 Å². The van der Waals surface area contributed by atoms with E-state index in [2.05, 4.69) is 19.2 Å². The molecule has 0 saturated heterocycles. The summed E-state index contributed by atoms with van der Waals surface area (Å²) in [7, 11) is 0. The van der Waals surface area contributed by atoms with E-state index in [1.54, 1.807) is 6.08 Å². The van der Waals surface area contributed by atoms with Crippen molar-refractivity contribution in [2.45, 2.75) is 296 Å². The molecule has 0 aliphatic rings. The number of hydrogen-bond acceptors (Lipinski definition) is 3. The molecule has 322 valence electrons. The zero-order chi connectivity index (χ0) is 39.3. The number of nitrogens with one attached hydrogen (secondary N) is 1. The predicted molar refractivity (Wildman–Crippen MR) is 239 cm³/mol. The molecule has 0 aromatic carbocycles. The first-order valence-electron chi connectivity index (χ1n) is 24.9. The minimum Gasteiger partial charge on any atom is -0.394 e. The highest BCUT2D eigenvalue weighted by Crippen LogP contribution is 2.17. The van der Waals surface area contributed by atoms with Gasteiger partial charge in [0, 0.05) is 6.42 Å². The fraction of sp³-hybridized carbons (Fsp3) is 0.940. The first kappa shape index (κ1) is 53.1. The first-order valence-corrected chi connectivity index (χ1v) is 24.9. The Balaban J connectivity index is 3.32. The number of carbonyl (C=O) groups excluding carboxylic acids is 1. The van der Waals surface area contributed by atoms with Gasteiger partial charge in [-0.15, -0.1) is 0 Å². The maximum Gasteiger partial charge on any atom is 0.220 e. The Kier molecular flexibility index (Phi) is 45.8. The summed E-state index contributed by atoms with van der Waals surface area (Å²) in [5.74, 6) is -0.0617. The van der Waals surface area contributed by atoms with Crippen LogP contribution in [0.25, 0.3) is 0 Å². The molecule has 54 heavy (non-hydrogen) atoms. The Hall–Kier alpha value is -0.870. The Morgan fingerprint density at radius 1 is 0.426 bits per heavy atom. The lowest BCUT2D eigenvalue weighted by Gasteiger charge is -2.20. The minimum absolute atomic E-state index is 0.0617. The number of unbranched alkanes of at least 4 members (excludes halogenated alkanes) is 39. The van der Waals surface area contributed by atoms with Crippen molar-refractivity contribution in [1.29, 1.82) is 0 Å². The Morgan fingerprint density at radius 3 is 0.963 bits per heavy atom. The second-order valence-corrected chi connectivity index (χ2v) is 17.2. The maximum absolute atomic E-state index is 12.3. The van der Waals surface area contributed by atoms with Gasteiger partial charge < -0.3 is 15.5 Å². The van der Waals surface area contributed by atoms with Crippen molar-refractivity contribution in [3.8, 4) is 0 Å². The number of rotatable bonds is 46. The standard InChI is InChI=1S/C50H99NO3/c1-3-5-7-9-11-13-14-15-16-17-18-19-20-21-22-23-24-25-26-27-28-29-30-31-32-33-34-35-36-37-38-40-42-44-46-50(54)51-48(47-52)49(53)45-43-41-39-12-10-8-6-4-2/h43,45,48-49,52-53H,3-42,44,46-47H2,1-2H3,(H,51,54)/b45-43+. The van der Waals surface area contributed by atoms with Gasteiger partial charge in [-0.25, -0.2) is 0 Å². The zero-order valence-electron chi connectivity index (χ0n) is 37.0. The smallest absolute Gasteiger partial charge is 0.220 e. The van der Waals surface area contributed by atoms with Gasteiger partial charge in [-0.3, -0.25) is 4.79 Å². The van der Waals surface area contributed by atoms with E-state index in [4.69, 9.17) is 0 Å². The van der Waals surface area contributed by atoms with E-state index in [9.17, 15) is 15.0 Å². The fourth-order valence-corrected chi connectivity index (χ4v) is 7.95. The SMILES string of the molecule is CCCCCCCC/C=C/C(O)C(CO)NC(=O)CCCCCCCCCCCCCCCCCCCCCCCCCCCCCCCCCCCC. The van der Waals surface area contributed by atoms with Crippen molar-refractivity contribution in [1.82, 2.24) is 5.32 Å². The molecule has 0 aromatic rings. The monoisotopic (exact) mass is 762 g/mol. The van der Waals surface area contributed by atoms with Gasteiger partial charge in [0.2, 0.25) is 5.91 Å². The predicted octanol–water partition coefficient (Wildman–Crippen LogP) is 15.8. The molecule has 1 amide bonds. The van der Waals surface area contributed by atoms with Crippen LogP contribution < -0.4 is 5.32 Å².